The van der Waals surface area contributed by atoms with Gasteiger partial charge in [0.2, 0.25) is 6.79 Å². The van der Waals surface area contributed by atoms with Crippen LogP contribution in [0.5, 0.6) is 11.5 Å². The number of halogens is 1. The molecule has 0 aromatic heterocycles. The highest BCUT2D eigenvalue weighted by molar-refractivity contribution is 9.10. The van der Waals surface area contributed by atoms with Crippen LogP contribution in [0.4, 0.5) is 0 Å². The van der Waals surface area contributed by atoms with E-state index >= 15 is 0 Å². The van der Waals surface area contributed by atoms with Gasteiger partial charge in [-0.25, -0.2) is 0 Å². The summed E-state index contributed by atoms with van der Waals surface area (Å²) in [7, 11) is 0. The Labute approximate surface area is 160 Å². The molecule has 1 fully saturated rings. The molecule has 1 unspecified atom stereocenters. The Kier molecular flexibility index (Phi) is 4.87. The Balaban J connectivity index is 1.66. The first-order valence-electron chi connectivity index (χ1n) is 8.73. The number of rotatable bonds is 4. The van der Waals surface area contributed by atoms with Gasteiger partial charge in [0.05, 0.1) is 12.0 Å². The van der Waals surface area contributed by atoms with E-state index in [-0.39, 0.29) is 18.8 Å². The lowest BCUT2D eigenvalue weighted by atomic mass is 9.91. The number of aliphatic carboxylic acids is 1. The molecule has 6 heteroatoms. The highest BCUT2D eigenvalue weighted by atomic mass is 79.9. The summed E-state index contributed by atoms with van der Waals surface area (Å²) in [5.41, 5.74) is 2.31. The maximum Gasteiger partial charge on any atom is 0.306 e. The number of fused-ring (bicyclic) bond motifs is 1. The first-order chi connectivity index (χ1) is 12.6. The third-order valence-electron chi connectivity index (χ3n) is 5.14. The molecule has 0 aliphatic carbocycles. The van der Waals surface area contributed by atoms with Crippen LogP contribution in [0, 0.1) is 5.92 Å². The lowest BCUT2D eigenvalue weighted by molar-refractivity contribution is -0.143. The molecule has 2 aromatic carbocycles. The summed E-state index contributed by atoms with van der Waals surface area (Å²) in [6.07, 6.45) is 1.35. The number of ether oxygens (including phenoxy) is 2. The van der Waals surface area contributed by atoms with E-state index in [2.05, 4.69) is 39.0 Å². The van der Waals surface area contributed by atoms with Crippen LogP contribution >= 0.6 is 15.9 Å². The number of piperidine rings is 1. The van der Waals surface area contributed by atoms with Gasteiger partial charge in [0.15, 0.2) is 11.5 Å². The predicted molar refractivity (Wildman–Crippen MR) is 100 cm³/mol. The zero-order valence-electron chi connectivity index (χ0n) is 14.2. The standard InChI is InChI=1S/C20H20BrNO4/c21-16-4-1-13(2-5-16)19(22-9-7-14(8-10-22)20(23)24)15-3-6-17-18(11-15)26-12-25-17/h1-6,11,14,19H,7-10,12H2,(H,23,24). The lowest BCUT2D eigenvalue weighted by Gasteiger charge is -2.37. The molecule has 1 N–H and O–H groups in total. The van der Waals surface area contributed by atoms with Crippen molar-refractivity contribution in [3.63, 3.8) is 0 Å². The van der Waals surface area contributed by atoms with Gasteiger partial charge in [-0.3, -0.25) is 9.69 Å². The molecule has 2 aromatic rings. The van der Waals surface area contributed by atoms with Gasteiger partial charge < -0.3 is 14.6 Å². The van der Waals surface area contributed by atoms with Crippen LogP contribution in [0.3, 0.4) is 0 Å². The molecule has 1 saturated heterocycles. The number of hydrogen-bond donors (Lipinski definition) is 1. The fraction of sp³-hybridized carbons (Fsp3) is 0.350. The van der Waals surface area contributed by atoms with Crippen LogP contribution in [-0.2, 0) is 4.79 Å². The van der Waals surface area contributed by atoms with E-state index in [1.54, 1.807) is 0 Å². The summed E-state index contributed by atoms with van der Waals surface area (Å²) < 4.78 is 12.0. The van der Waals surface area contributed by atoms with E-state index in [0.29, 0.717) is 12.8 Å². The van der Waals surface area contributed by atoms with Gasteiger partial charge >= 0.3 is 5.97 Å². The van der Waals surface area contributed by atoms with Gasteiger partial charge in [0.1, 0.15) is 0 Å². The normalized spacial score (nSPS) is 18.7. The van der Waals surface area contributed by atoms with Crippen LogP contribution in [0.15, 0.2) is 46.9 Å². The van der Waals surface area contributed by atoms with E-state index in [1.165, 1.54) is 5.56 Å². The van der Waals surface area contributed by atoms with E-state index in [1.807, 2.05) is 24.3 Å². The van der Waals surface area contributed by atoms with E-state index < -0.39 is 5.97 Å². The largest absolute Gasteiger partial charge is 0.481 e. The van der Waals surface area contributed by atoms with Gasteiger partial charge in [0.25, 0.3) is 0 Å². The number of carboxylic acids is 1. The highest BCUT2D eigenvalue weighted by Gasteiger charge is 2.31. The fourth-order valence-electron chi connectivity index (χ4n) is 3.75. The van der Waals surface area contributed by atoms with Gasteiger partial charge in [-0.05, 0) is 61.3 Å². The maximum absolute atomic E-state index is 11.3. The van der Waals surface area contributed by atoms with Crippen LogP contribution < -0.4 is 9.47 Å². The smallest absolute Gasteiger partial charge is 0.306 e. The second kappa shape index (κ2) is 7.29. The maximum atomic E-state index is 11.3. The minimum atomic E-state index is -0.687. The Morgan fingerprint density at radius 1 is 1.04 bits per heavy atom. The number of carbonyl (C=O) groups is 1. The topological polar surface area (TPSA) is 59.0 Å². The first-order valence-corrected chi connectivity index (χ1v) is 9.53. The Morgan fingerprint density at radius 2 is 1.69 bits per heavy atom. The summed E-state index contributed by atoms with van der Waals surface area (Å²) in [4.78, 5) is 13.6. The van der Waals surface area contributed by atoms with Gasteiger partial charge in [-0.1, -0.05) is 34.1 Å². The molecule has 2 aliphatic rings. The summed E-state index contributed by atoms with van der Waals surface area (Å²) in [6.45, 7) is 1.77. The molecular formula is C20H20BrNO4. The molecule has 2 aliphatic heterocycles. The van der Waals surface area contributed by atoms with Crippen molar-refractivity contribution in [1.82, 2.24) is 4.90 Å². The third kappa shape index (κ3) is 3.44. The molecular weight excluding hydrogens is 398 g/mol. The first kappa shape index (κ1) is 17.4. The summed E-state index contributed by atoms with van der Waals surface area (Å²) >= 11 is 3.50. The molecule has 136 valence electrons. The summed E-state index contributed by atoms with van der Waals surface area (Å²) in [5.74, 6) is 0.611. The van der Waals surface area contributed by atoms with Crippen molar-refractivity contribution in [1.29, 1.82) is 0 Å². The predicted octanol–water partition coefficient (Wildman–Crippen LogP) is 4.06. The van der Waals surface area contributed by atoms with Crippen LogP contribution in [-0.4, -0.2) is 35.9 Å². The van der Waals surface area contributed by atoms with Gasteiger partial charge in [0, 0.05) is 4.47 Å². The number of carboxylic acid groups (broad SMARTS) is 1. The van der Waals surface area contributed by atoms with Crippen molar-refractivity contribution in [3.05, 3.63) is 58.1 Å². The van der Waals surface area contributed by atoms with Crippen molar-refractivity contribution in [2.24, 2.45) is 5.92 Å². The van der Waals surface area contributed by atoms with Crippen LogP contribution in [0.25, 0.3) is 0 Å². The second-order valence-electron chi connectivity index (χ2n) is 6.72. The van der Waals surface area contributed by atoms with Crippen molar-refractivity contribution >= 4 is 21.9 Å². The van der Waals surface area contributed by atoms with Crippen molar-refractivity contribution in [3.8, 4) is 11.5 Å². The second-order valence-corrected chi connectivity index (χ2v) is 7.63. The fourth-order valence-corrected chi connectivity index (χ4v) is 4.01. The molecule has 5 nitrogen and oxygen atoms in total. The minimum Gasteiger partial charge on any atom is -0.481 e. The molecule has 0 saturated carbocycles. The van der Waals surface area contributed by atoms with Crippen molar-refractivity contribution in [2.45, 2.75) is 18.9 Å². The average molecular weight is 418 g/mol. The zero-order valence-corrected chi connectivity index (χ0v) is 15.8. The molecule has 0 bridgehead atoms. The molecule has 0 radical (unpaired) electrons. The number of benzene rings is 2. The Morgan fingerprint density at radius 3 is 2.38 bits per heavy atom. The lowest BCUT2D eigenvalue weighted by Crippen LogP contribution is -2.39. The summed E-state index contributed by atoms with van der Waals surface area (Å²) in [5, 5.41) is 9.28. The summed E-state index contributed by atoms with van der Waals surface area (Å²) in [6, 6.07) is 14.4. The molecule has 2 heterocycles. The van der Waals surface area contributed by atoms with Gasteiger partial charge in [-0.2, -0.15) is 0 Å². The minimum absolute atomic E-state index is 0.0624. The number of nitrogens with zero attached hydrogens (tertiary/aromatic N) is 1. The highest BCUT2D eigenvalue weighted by Crippen LogP contribution is 2.39. The molecule has 26 heavy (non-hydrogen) atoms. The molecule has 0 amide bonds. The zero-order chi connectivity index (χ0) is 18.1. The molecule has 0 spiro atoms. The monoisotopic (exact) mass is 417 g/mol. The molecule has 4 rings (SSSR count). The Hall–Kier alpha value is -2.05. The quantitative estimate of drug-likeness (QED) is 0.812. The molecule has 1 atom stereocenters. The van der Waals surface area contributed by atoms with Crippen molar-refractivity contribution in [2.75, 3.05) is 19.9 Å². The van der Waals surface area contributed by atoms with E-state index in [9.17, 15) is 9.90 Å². The number of hydrogen-bond acceptors (Lipinski definition) is 4. The average Bonchev–Trinajstić information content (AvgIpc) is 3.12. The third-order valence-corrected chi connectivity index (χ3v) is 5.67. The van der Waals surface area contributed by atoms with Crippen molar-refractivity contribution < 1.29 is 19.4 Å². The number of likely N-dealkylation sites (tertiary alicyclic amines) is 1. The van der Waals surface area contributed by atoms with Gasteiger partial charge in [-0.15, -0.1) is 0 Å². The van der Waals surface area contributed by atoms with E-state index in [4.69, 9.17) is 9.47 Å². The SMILES string of the molecule is O=C(O)C1CCN(C(c2ccc(Br)cc2)c2ccc3c(c2)OCO3)CC1. The van der Waals surface area contributed by atoms with Crippen LogP contribution in [0.2, 0.25) is 0 Å². The van der Waals surface area contributed by atoms with E-state index in [0.717, 1.165) is 34.6 Å². The van der Waals surface area contributed by atoms with Crippen LogP contribution in [0.1, 0.15) is 30.0 Å². The Bertz CT molecular complexity index is 800.